The van der Waals surface area contributed by atoms with E-state index in [-0.39, 0.29) is 17.8 Å². The van der Waals surface area contributed by atoms with E-state index in [0.29, 0.717) is 35.7 Å². The summed E-state index contributed by atoms with van der Waals surface area (Å²) < 4.78 is 1.83. The number of unbranched alkanes of at least 4 members (excludes halogenated alkanes) is 3. The Morgan fingerprint density at radius 1 is 0.935 bits per heavy atom. The molecule has 0 aliphatic rings. The van der Waals surface area contributed by atoms with Gasteiger partial charge in [-0.3, -0.25) is 19.6 Å². The number of benzene rings is 2. The second-order valence-corrected chi connectivity index (χ2v) is 8.11. The zero-order valence-corrected chi connectivity index (χ0v) is 19.1. The maximum atomic E-state index is 13.1. The fourth-order valence-electron chi connectivity index (χ4n) is 3.33. The van der Waals surface area contributed by atoms with Crippen LogP contribution in [0.4, 0.5) is 5.69 Å². The van der Waals surface area contributed by atoms with Crippen molar-refractivity contribution in [3.05, 3.63) is 52.2 Å². The molecule has 1 aromatic heterocycles. The molecule has 2 aromatic carbocycles. The van der Waals surface area contributed by atoms with E-state index in [1.807, 2.05) is 51.1 Å². The molecule has 7 heteroatoms. The van der Waals surface area contributed by atoms with Crippen molar-refractivity contribution in [3.8, 4) is 0 Å². The maximum Gasteiger partial charge on any atom is 0.243 e. The highest BCUT2D eigenvalue weighted by Gasteiger charge is 2.13. The topological polar surface area (TPSA) is 95.5 Å². The van der Waals surface area contributed by atoms with Crippen LogP contribution in [0.5, 0.6) is 0 Å². The summed E-state index contributed by atoms with van der Waals surface area (Å²) in [4.78, 5) is 36.4. The minimum absolute atomic E-state index is 0.0597. The Balaban J connectivity index is 0.00000166. The van der Waals surface area contributed by atoms with Gasteiger partial charge in [0.25, 0.3) is 0 Å². The average molecular weight is 443 g/mol. The zero-order chi connectivity index (χ0) is 22.8. The number of fused-ring (bicyclic) bond motifs is 2. The Hall–Kier alpha value is -2.77. The molecule has 3 rings (SSSR count). The van der Waals surface area contributed by atoms with E-state index in [4.69, 9.17) is 5.21 Å². The lowest BCUT2D eigenvalue weighted by Crippen LogP contribution is -2.17. The van der Waals surface area contributed by atoms with Crippen molar-refractivity contribution in [2.75, 3.05) is 5.32 Å². The van der Waals surface area contributed by atoms with Gasteiger partial charge in [0.15, 0.2) is 5.43 Å². The summed E-state index contributed by atoms with van der Waals surface area (Å²) in [5, 5.41) is 12.6. The number of nitrogens with one attached hydrogen (secondary N) is 2. The van der Waals surface area contributed by atoms with Gasteiger partial charge in [0, 0.05) is 27.6 Å². The van der Waals surface area contributed by atoms with Crippen LogP contribution in [0.25, 0.3) is 20.2 Å². The van der Waals surface area contributed by atoms with Crippen LogP contribution in [0.15, 0.2) is 41.2 Å². The first-order chi connectivity index (χ1) is 15.0. The summed E-state index contributed by atoms with van der Waals surface area (Å²) in [6.45, 7) is 5.97. The molecule has 6 nitrogen and oxygen atoms in total. The van der Waals surface area contributed by atoms with Crippen molar-refractivity contribution in [2.45, 2.75) is 59.3 Å². The van der Waals surface area contributed by atoms with Gasteiger partial charge >= 0.3 is 0 Å². The molecule has 0 bridgehead atoms. The SMILES string of the molecule is CC.Cc1ccc(NC(=O)CCCCCCC(=O)NO)c2c(=O)c3ccccc3sc12. The first kappa shape index (κ1) is 24.5. The van der Waals surface area contributed by atoms with Gasteiger partial charge in [-0.2, -0.15) is 0 Å². The molecule has 0 radical (unpaired) electrons. The highest BCUT2D eigenvalue weighted by Crippen LogP contribution is 2.31. The van der Waals surface area contributed by atoms with Crippen LogP contribution in [0.1, 0.15) is 57.9 Å². The monoisotopic (exact) mass is 442 g/mol. The largest absolute Gasteiger partial charge is 0.325 e. The van der Waals surface area contributed by atoms with Crippen LogP contribution >= 0.6 is 11.3 Å². The standard InChI is InChI=1S/C22H24N2O4S.C2H6/c1-14-12-13-16(23-18(25)10-4-2-3-5-11-19(26)24-28)20-21(27)15-8-6-7-9-17(15)29-22(14)20;1-2/h6-9,12-13,28H,2-5,10-11H2,1H3,(H,23,25)(H,24,26);1-2H3. The van der Waals surface area contributed by atoms with Gasteiger partial charge in [-0.05, 0) is 43.5 Å². The van der Waals surface area contributed by atoms with Crippen molar-refractivity contribution in [2.24, 2.45) is 0 Å². The minimum Gasteiger partial charge on any atom is -0.325 e. The van der Waals surface area contributed by atoms with E-state index >= 15 is 0 Å². The predicted molar refractivity (Wildman–Crippen MR) is 128 cm³/mol. The van der Waals surface area contributed by atoms with Crippen molar-refractivity contribution in [3.63, 3.8) is 0 Å². The van der Waals surface area contributed by atoms with E-state index in [2.05, 4.69) is 5.32 Å². The van der Waals surface area contributed by atoms with Crippen LogP contribution in [0.2, 0.25) is 0 Å². The van der Waals surface area contributed by atoms with Gasteiger partial charge < -0.3 is 5.32 Å². The molecule has 1 heterocycles. The predicted octanol–water partition coefficient (Wildman–Crippen LogP) is 5.53. The number of hydrogen-bond acceptors (Lipinski definition) is 5. The smallest absolute Gasteiger partial charge is 0.243 e. The summed E-state index contributed by atoms with van der Waals surface area (Å²) in [5.74, 6) is -0.517. The van der Waals surface area contributed by atoms with Gasteiger partial charge in [0.05, 0.1) is 11.1 Å². The highest BCUT2D eigenvalue weighted by atomic mass is 32.1. The number of aryl methyl sites for hydroxylation is 1. The molecule has 0 aliphatic carbocycles. The Bertz CT molecular complexity index is 1110. The Labute approximate surface area is 186 Å². The third kappa shape index (κ3) is 6.35. The van der Waals surface area contributed by atoms with Gasteiger partial charge in [-0.15, -0.1) is 11.3 Å². The molecule has 166 valence electrons. The van der Waals surface area contributed by atoms with Crippen LogP contribution < -0.4 is 16.2 Å². The molecular weight excluding hydrogens is 412 g/mol. The first-order valence-corrected chi connectivity index (χ1v) is 11.5. The Morgan fingerprint density at radius 2 is 1.58 bits per heavy atom. The van der Waals surface area contributed by atoms with Gasteiger partial charge in [-0.25, -0.2) is 5.48 Å². The van der Waals surface area contributed by atoms with Gasteiger partial charge in [0.1, 0.15) is 0 Å². The van der Waals surface area contributed by atoms with Crippen molar-refractivity contribution >= 4 is 49.0 Å². The van der Waals surface area contributed by atoms with Crippen molar-refractivity contribution in [1.29, 1.82) is 0 Å². The van der Waals surface area contributed by atoms with E-state index in [1.54, 1.807) is 22.9 Å². The molecule has 0 aliphatic heterocycles. The van der Waals surface area contributed by atoms with E-state index in [9.17, 15) is 14.4 Å². The van der Waals surface area contributed by atoms with Gasteiger partial charge in [-0.1, -0.05) is 44.9 Å². The average Bonchev–Trinajstić information content (AvgIpc) is 2.79. The van der Waals surface area contributed by atoms with E-state index in [0.717, 1.165) is 27.8 Å². The fraction of sp³-hybridized carbons (Fsp3) is 0.375. The summed E-state index contributed by atoms with van der Waals surface area (Å²) in [6, 6.07) is 11.2. The quantitative estimate of drug-likeness (QED) is 0.185. The fourth-order valence-corrected chi connectivity index (χ4v) is 4.50. The number of carbonyl (C=O) groups excluding carboxylic acids is 2. The number of anilines is 1. The number of carbonyl (C=O) groups is 2. The van der Waals surface area contributed by atoms with Crippen LogP contribution in [0, 0.1) is 6.92 Å². The van der Waals surface area contributed by atoms with Crippen molar-refractivity contribution < 1.29 is 14.8 Å². The highest BCUT2D eigenvalue weighted by molar-refractivity contribution is 7.24. The summed E-state index contributed by atoms with van der Waals surface area (Å²) >= 11 is 1.56. The molecule has 3 aromatic rings. The summed E-state index contributed by atoms with van der Waals surface area (Å²) in [6.07, 6.45) is 3.63. The Kier molecular flexibility index (Phi) is 9.62. The molecule has 0 unspecified atom stereocenters. The molecule has 0 fully saturated rings. The molecular formula is C24H30N2O4S. The molecule has 3 N–H and O–H groups in total. The second kappa shape index (κ2) is 12.2. The molecule has 0 atom stereocenters. The number of hydrogen-bond donors (Lipinski definition) is 3. The first-order valence-electron chi connectivity index (χ1n) is 10.7. The Morgan fingerprint density at radius 3 is 2.26 bits per heavy atom. The second-order valence-electron chi connectivity index (χ2n) is 7.06. The van der Waals surface area contributed by atoms with Gasteiger partial charge in [0.2, 0.25) is 11.8 Å². The van der Waals surface area contributed by atoms with Crippen LogP contribution in [-0.4, -0.2) is 17.0 Å². The molecule has 0 saturated heterocycles. The third-order valence-electron chi connectivity index (χ3n) is 4.88. The third-order valence-corrected chi connectivity index (χ3v) is 6.19. The number of hydroxylamine groups is 1. The lowest BCUT2D eigenvalue weighted by Gasteiger charge is -2.11. The van der Waals surface area contributed by atoms with Crippen LogP contribution in [-0.2, 0) is 9.59 Å². The lowest BCUT2D eigenvalue weighted by molar-refractivity contribution is -0.129. The summed E-state index contributed by atoms with van der Waals surface area (Å²) in [7, 11) is 0. The molecule has 0 spiro atoms. The van der Waals surface area contributed by atoms with E-state index < -0.39 is 5.91 Å². The number of rotatable bonds is 8. The lowest BCUT2D eigenvalue weighted by atomic mass is 10.1. The number of amides is 2. The molecule has 2 amide bonds. The zero-order valence-electron chi connectivity index (χ0n) is 18.3. The van der Waals surface area contributed by atoms with Crippen molar-refractivity contribution in [1.82, 2.24) is 5.48 Å². The molecule has 31 heavy (non-hydrogen) atoms. The minimum atomic E-state index is -0.393. The maximum absolute atomic E-state index is 13.1. The normalized spacial score (nSPS) is 10.5. The van der Waals surface area contributed by atoms with E-state index in [1.165, 1.54) is 0 Å². The summed E-state index contributed by atoms with van der Waals surface area (Å²) in [5.41, 5.74) is 3.12. The van der Waals surface area contributed by atoms with Crippen LogP contribution in [0.3, 0.4) is 0 Å². The molecule has 0 saturated carbocycles.